The number of benzene rings is 1. The molecule has 0 fully saturated rings. The molecule has 0 atom stereocenters. The smallest absolute Gasteiger partial charge is 0.120 e. The van der Waals surface area contributed by atoms with Gasteiger partial charge in [-0.05, 0) is 50.3 Å². The Morgan fingerprint density at radius 1 is 1.20 bits per heavy atom. The zero-order chi connectivity index (χ0) is 14.5. The monoisotopic (exact) mass is 336 g/mol. The summed E-state index contributed by atoms with van der Waals surface area (Å²) in [4.78, 5) is 2.25. The van der Waals surface area contributed by atoms with E-state index in [9.17, 15) is 0 Å². The van der Waals surface area contributed by atoms with E-state index in [-0.39, 0.29) is 0 Å². The van der Waals surface area contributed by atoms with Gasteiger partial charge in [0, 0.05) is 11.0 Å². The van der Waals surface area contributed by atoms with E-state index in [0.717, 1.165) is 35.6 Å². The van der Waals surface area contributed by atoms with Gasteiger partial charge >= 0.3 is 0 Å². The van der Waals surface area contributed by atoms with Crippen LogP contribution in [0, 0.1) is 6.92 Å². The summed E-state index contributed by atoms with van der Waals surface area (Å²) in [7, 11) is 4.04. The predicted octanol–water partition coefficient (Wildman–Crippen LogP) is 3.70. The van der Waals surface area contributed by atoms with E-state index in [0.29, 0.717) is 0 Å². The van der Waals surface area contributed by atoms with E-state index in [1.165, 1.54) is 11.1 Å². The minimum absolute atomic E-state index is 0.780. The maximum Gasteiger partial charge on any atom is 0.120 e. The van der Waals surface area contributed by atoms with Crippen molar-refractivity contribution in [3.8, 4) is 0 Å². The van der Waals surface area contributed by atoms with Crippen LogP contribution in [0.2, 0.25) is 0 Å². The topological polar surface area (TPSA) is 28.4 Å². The van der Waals surface area contributed by atoms with Crippen molar-refractivity contribution in [2.75, 3.05) is 14.1 Å². The fraction of sp³-hybridized carbons (Fsp3) is 0.375. The third-order valence-corrected chi connectivity index (χ3v) is 3.73. The largest absolute Gasteiger partial charge is 0.463 e. The molecule has 0 saturated heterocycles. The number of hydrogen-bond donors (Lipinski definition) is 1. The first-order chi connectivity index (χ1) is 9.58. The van der Waals surface area contributed by atoms with Crippen LogP contribution in [0.5, 0.6) is 0 Å². The molecule has 20 heavy (non-hydrogen) atoms. The van der Waals surface area contributed by atoms with E-state index < -0.39 is 0 Å². The van der Waals surface area contributed by atoms with E-state index in [1.807, 2.05) is 7.05 Å². The summed E-state index contributed by atoms with van der Waals surface area (Å²) in [6, 6.07) is 10.6. The number of rotatable bonds is 6. The Labute approximate surface area is 129 Å². The standard InChI is InChI=1S/C16H21BrN2O/c1-12-8-15(20-16(12)9-18-2)11-19(3)10-13-4-6-14(17)7-5-13/h4-8,18H,9-11H2,1-3H3. The molecule has 1 aromatic carbocycles. The molecule has 0 aliphatic carbocycles. The molecule has 3 nitrogen and oxygen atoms in total. The Morgan fingerprint density at radius 2 is 1.90 bits per heavy atom. The normalized spacial score (nSPS) is 11.2. The van der Waals surface area contributed by atoms with Crippen LogP contribution in [0.3, 0.4) is 0 Å². The maximum absolute atomic E-state index is 5.87. The highest BCUT2D eigenvalue weighted by molar-refractivity contribution is 9.10. The minimum Gasteiger partial charge on any atom is -0.463 e. The summed E-state index contributed by atoms with van der Waals surface area (Å²) in [6.45, 7) is 4.60. The maximum atomic E-state index is 5.87. The Balaban J connectivity index is 1.95. The Morgan fingerprint density at radius 3 is 2.55 bits per heavy atom. The molecule has 1 heterocycles. The second-order valence-corrected chi connectivity index (χ2v) is 6.06. The van der Waals surface area contributed by atoms with Crippen molar-refractivity contribution >= 4 is 15.9 Å². The van der Waals surface area contributed by atoms with Crippen LogP contribution in [0.4, 0.5) is 0 Å². The zero-order valence-corrected chi connectivity index (χ0v) is 13.8. The third kappa shape index (κ3) is 4.20. The predicted molar refractivity (Wildman–Crippen MR) is 85.5 cm³/mol. The summed E-state index contributed by atoms with van der Waals surface area (Å²) in [6.07, 6.45) is 0. The lowest BCUT2D eigenvalue weighted by molar-refractivity contribution is 0.283. The molecule has 1 aromatic heterocycles. The summed E-state index contributed by atoms with van der Waals surface area (Å²) in [5.74, 6) is 2.05. The molecular weight excluding hydrogens is 316 g/mol. The van der Waals surface area contributed by atoms with Crippen LogP contribution in [0.15, 0.2) is 39.2 Å². The second kappa shape index (κ2) is 7.07. The highest BCUT2D eigenvalue weighted by atomic mass is 79.9. The molecule has 0 saturated carbocycles. The first kappa shape index (κ1) is 15.3. The SMILES string of the molecule is CNCc1oc(CN(C)Cc2ccc(Br)cc2)cc1C. The van der Waals surface area contributed by atoms with Crippen LogP contribution >= 0.6 is 15.9 Å². The van der Waals surface area contributed by atoms with Crippen molar-refractivity contribution in [3.63, 3.8) is 0 Å². The summed E-state index contributed by atoms with van der Waals surface area (Å²) < 4.78 is 6.98. The van der Waals surface area contributed by atoms with Gasteiger partial charge in [0.25, 0.3) is 0 Å². The molecule has 0 radical (unpaired) electrons. The number of nitrogens with one attached hydrogen (secondary N) is 1. The van der Waals surface area contributed by atoms with Crippen molar-refractivity contribution in [3.05, 3.63) is 57.5 Å². The van der Waals surface area contributed by atoms with Gasteiger partial charge in [0.05, 0.1) is 13.1 Å². The van der Waals surface area contributed by atoms with Gasteiger partial charge in [0.1, 0.15) is 11.5 Å². The number of furan rings is 1. The van der Waals surface area contributed by atoms with Crippen LogP contribution in [-0.2, 0) is 19.6 Å². The number of nitrogens with zero attached hydrogens (tertiary/aromatic N) is 1. The van der Waals surface area contributed by atoms with Gasteiger partial charge in [0.2, 0.25) is 0 Å². The average Bonchev–Trinajstić information content (AvgIpc) is 2.73. The van der Waals surface area contributed by atoms with E-state index in [2.05, 4.69) is 70.4 Å². The lowest BCUT2D eigenvalue weighted by atomic mass is 10.2. The second-order valence-electron chi connectivity index (χ2n) is 5.15. The van der Waals surface area contributed by atoms with Gasteiger partial charge < -0.3 is 9.73 Å². The average molecular weight is 337 g/mol. The fourth-order valence-corrected chi connectivity index (χ4v) is 2.49. The molecule has 2 rings (SSSR count). The molecule has 0 bridgehead atoms. The molecule has 0 amide bonds. The molecule has 2 aromatic rings. The Hall–Kier alpha value is -1.10. The molecule has 0 spiro atoms. The van der Waals surface area contributed by atoms with Gasteiger partial charge in [-0.1, -0.05) is 28.1 Å². The van der Waals surface area contributed by atoms with Gasteiger partial charge in [-0.25, -0.2) is 0 Å². The van der Waals surface area contributed by atoms with Gasteiger partial charge in [-0.3, -0.25) is 4.90 Å². The summed E-state index contributed by atoms with van der Waals surface area (Å²) in [5, 5.41) is 3.12. The summed E-state index contributed by atoms with van der Waals surface area (Å²) >= 11 is 3.46. The van der Waals surface area contributed by atoms with Gasteiger partial charge in [-0.15, -0.1) is 0 Å². The first-order valence-corrected chi connectivity index (χ1v) is 7.53. The number of halogens is 1. The van der Waals surface area contributed by atoms with E-state index in [4.69, 9.17) is 4.42 Å². The zero-order valence-electron chi connectivity index (χ0n) is 12.2. The van der Waals surface area contributed by atoms with Gasteiger partial charge in [-0.2, -0.15) is 0 Å². The third-order valence-electron chi connectivity index (χ3n) is 3.20. The van der Waals surface area contributed by atoms with Crippen LogP contribution in [0.25, 0.3) is 0 Å². The molecule has 1 N–H and O–H groups in total. The first-order valence-electron chi connectivity index (χ1n) is 6.74. The number of aryl methyl sites for hydroxylation is 1. The van der Waals surface area contributed by atoms with Gasteiger partial charge in [0.15, 0.2) is 0 Å². The highest BCUT2D eigenvalue weighted by Crippen LogP contribution is 2.17. The van der Waals surface area contributed by atoms with Crippen molar-refractivity contribution in [1.82, 2.24) is 10.2 Å². The summed E-state index contributed by atoms with van der Waals surface area (Å²) in [5.41, 5.74) is 2.51. The highest BCUT2D eigenvalue weighted by Gasteiger charge is 2.09. The van der Waals surface area contributed by atoms with Crippen molar-refractivity contribution in [1.29, 1.82) is 0 Å². The molecule has 108 valence electrons. The quantitative estimate of drug-likeness (QED) is 0.871. The molecule has 0 unspecified atom stereocenters. The number of hydrogen-bond acceptors (Lipinski definition) is 3. The van der Waals surface area contributed by atoms with Crippen LogP contribution in [0.1, 0.15) is 22.6 Å². The van der Waals surface area contributed by atoms with Crippen molar-refractivity contribution in [2.24, 2.45) is 0 Å². The molecule has 0 aliphatic heterocycles. The fourth-order valence-electron chi connectivity index (χ4n) is 2.23. The van der Waals surface area contributed by atoms with Crippen LogP contribution in [-0.4, -0.2) is 19.0 Å². The van der Waals surface area contributed by atoms with Crippen LogP contribution < -0.4 is 5.32 Å². The molecule has 0 aliphatic rings. The molecular formula is C16H21BrN2O. The lowest BCUT2D eigenvalue weighted by Gasteiger charge is -2.15. The van der Waals surface area contributed by atoms with Crippen molar-refractivity contribution < 1.29 is 4.42 Å². The lowest BCUT2D eigenvalue weighted by Crippen LogP contribution is -2.16. The Bertz CT molecular complexity index is 548. The van der Waals surface area contributed by atoms with E-state index in [1.54, 1.807) is 0 Å². The minimum atomic E-state index is 0.780. The van der Waals surface area contributed by atoms with E-state index >= 15 is 0 Å². The molecule has 4 heteroatoms. The van der Waals surface area contributed by atoms with Crippen molar-refractivity contribution in [2.45, 2.75) is 26.6 Å². The Kier molecular flexibility index (Phi) is 5.40.